The largest absolute Gasteiger partial charge is 0.477 e. The first-order chi connectivity index (χ1) is 11.5. The molecule has 0 spiro atoms. The Balaban J connectivity index is 3.44. The zero-order valence-electron chi connectivity index (χ0n) is 13.0. The third kappa shape index (κ3) is 4.31. The van der Waals surface area contributed by atoms with Crippen molar-refractivity contribution in [3.8, 4) is 0 Å². The molecule has 0 aromatic heterocycles. The standard InChI is InChI=1S/C12H20F2N4O7/c1-3(20)17-5-6(18-11(15)16)9(13)12(14,10(23)24)25-8(5)7(22)4(21)2-19/h4-9,19,21-22H,2H2,1H3,(H,17,20)(H,23,24)(H4,15,16,18)/t4-,5-,6?,7-,8?,9?,12?/m1/s1. The van der Waals surface area contributed by atoms with Crippen LogP contribution in [0, 0.1) is 0 Å². The molecule has 144 valence electrons. The van der Waals surface area contributed by atoms with Gasteiger partial charge in [-0.15, -0.1) is 0 Å². The highest BCUT2D eigenvalue weighted by Gasteiger charge is 2.63. The number of nitrogens with one attached hydrogen (secondary N) is 1. The molecule has 0 aliphatic carbocycles. The lowest BCUT2D eigenvalue weighted by Crippen LogP contribution is -2.71. The third-order valence-corrected chi connectivity index (χ3v) is 3.56. The van der Waals surface area contributed by atoms with Crippen LogP contribution in [0.4, 0.5) is 8.78 Å². The quantitative estimate of drug-likeness (QED) is 0.182. The van der Waals surface area contributed by atoms with Gasteiger partial charge in [0.2, 0.25) is 5.91 Å². The summed E-state index contributed by atoms with van der Waals surface area (Å²) in [5.41, 5.74) is 10.3. The molecule has 0 aromatic rings. The number of carbonyl (C=O) groups is 2. The van der Waals surface area contributed by atoms with Crippen LogP contribution in [0.1, 0.15) is 6.92 Å². The van der Waals surface area contributed by atoms with Gasteiger partial charge in [0, 0.05) is 6.92 Å². The van der Waals surface area contributed by atoms with E-state index in [-0.39, 0.29) is 0 Å². The van der Waals surface area contributed by atoms with Crippen molar-refractivity contribution in [2.75, 3.05) is 6.61 Å². The Labute approximate surface area is 140 Å². The number of nitrogens with zero attached hydrogens (tertiary/aromatic N) is 1. The molecule has 1 amide bonds. The first-order valence-corrected chi connectivity index (χ1v) is 7.02. The molecule has 0 saturated carbocycles. The van der Waals surface area contributed by atoms with Crippen LogP contribution in [0.15, 0.2) is 4.99 Å². The van der Waals surface area contributed by atoms with Gasteiger partial charge in [0.05, 0.1) is 12.6 Å². The second kappa shape index (κ2) is 7.86. The number of aliphatic imine (C=N–C) groups is 1. The maximum Gasteiger partial charge on any atom is 0.372 e. The molecule has 9 N–H and O–H groups in total. The number of carboxylic acids is 1. The zero-order chi connectivity index (χ0) is 19.5. The molecular formula is C12H20F2N4O7. The first-order valence-electron chi connectivity index (χ1n) is 7.02. The smallest absolute Gasteiger partial charge is 0.372 e. The van der Waals surface area contributed by atoms with Crippen LogP contribution in [-0.2, 0) is 14.3 Å². The normalized spacial score (nSPS) is 34.6. The summed E-state index contributed by atoms with van der Waals surface area (Å²) in [4.78, 5) is 25.9. The number of alkyl halides is 2. The fourth-order valence-corrected chi connectivity index (χ4v) is 2.43. The number of carboxylic acid groups (broad SMARTS) is 1. The van der Waals surface area contributed by atoms with Gasteiger partial charge in [-0.2, -0.15) is 4.39 Å². The molecule has 0 aromatic carbocycles. The fraction of sp³-hybridized carbons (Fsp3) is 0.750. The molecule has 0 bridgehead atoms. The summed E-state index contributed by atoms with van der Waals surface area (Å²) >= 11 is 0. The summed E-state index contributed by atoms with van der Waals surface area (Å²) in [7, 11) is 0. The van der Waals surface area contributed by atoms with Crippen LogP contribution in [0.5, 0.6) is 0 Å². The number of rotatable bonds is 6. The Bertz CT molecular complexity index is 548. The maximum atomic E-state index is 14.6. The lowest BCUT2D eigenvalue weighted by atomic mass is 9.86. The van der Waals surface area contributed by atoms with Crippen molar-refractivity contribution < 1.29 is 43.5 Å². The van der Waals surface area contributed by atoms with Crippen LogP contribution < -0.4 is 16.8 Å². The molecule has 4 unspecified atom stereocenters. The lowest BCUT2D eigenvalue weighted by molar-refractivity contribution is -0.276. The predicted molar refractivity (Wildman–Crippen MR) is 77.5 cm³/mol. The summed E-state index contributed by atoms with van der Waals surface area (Å²) in [6, 6.07) is -3.64. The number of guanidine groups is 1. The fourth-order valence-electron chi connectivity index (χ4n) is 2.43. The minimum atomic E-state index is -3.97. The van der Waals surface area contributed by atoms with Gasteiger partial charge in [0.1, 0.15) is 24.4 Å². The van der Waals surface area contributed by atoms with E-state index in [1.54, 1.807) is 0 Å². The number of carbonyl (C=O) groups excluding carboxylic acids is 1. The van der Waals surface area contributed by atoms with Crippen molar-refractivity contribution in [3.63, 3.8) is 0 Å². The van der Waals surface area contributed by atoms with Gasteiger partial charge in [-0.1, -0.05) is 0 Å². The molecule has 1 rings (SSSR count). The molecule has 1 aliphatic rings. The molecule has 0 radical (unpaired) electrons. The minimum absolute atomic E-state index is 0.742. The van der Waals surface area contributed by atoms with Crippen molar-refractivity contribution in [1.82, 2.24) is 5.32 Å². The van der Waals surface area contributed by atoms with E-state index in [0.717, 1.165) is 6.92 Å². The van der Waals surface area contributed by atoms with Crippen LogP contribution >= 0.6 is 0 Å². The second-order valence-corrected chi connectivity index (χ2v) is 5.45. The van der Waals surface area contributed by atoms with E-state index in [2.05, 4.69) is 15.0 Å². The van der Waals surface area contributed by atoms with Gasteiger partial charge < -0.3 is 41.9 Å². The molecule has 7 atom stereocenters. The van der Waals surface area contributed by atoms with E-state index in [9.17, 15) is 28.6 Å². The number of ether oxygens (including phenoxy) is 1. The Hall–Kier alpha value is -2.09. The molecule has 11 nitrogen and oxygen atoms in total. The van der Waals surface area contributed by atoms with E-state index in [1.165, 1.54) is 0 Å². The Kier molecular flexibility index (Phi) is 6.59. The second-order valence-electron chi connectivity index (χ2n) is 5.45. The summed E-state index contributed by atoms with van der Waals surface area (Å²) < 4.78 is 33.6. The number of aliphatic hydroxyl groups is 3. The predicted octanol–water partition coefficient (Wildman–Crippen LogP) is -3.67. The number of nitrogens with two attached hydrogens (primary N) is 2. The average molecular weight is 370 g/mol. The van der Waals surface area contributed by atoms with Crippen molar-refractivity contribution >= 4 is 17.8 Å². The molecule has 1 saturated heterocycles. The number of halogens is 2. The number of aliphatic hydroxyl groups excluding tert-OH is 3. The summed E-state index contributed by atoms with van der Waals surface area (Å²) in [5.74, 6) is -7.87. The Morgan fingerprint density at radius 2 is 1.96 bits per heavy atom. The van der Waals surface area contributed by atoms with Crippen LogP contribution in [0.3, 0.4) is 0 Å². The molecule has 1 heterocycles. The van der Waals surface area contributed by atoms with Crippen molar-refractivity contribution in [2.45, 2.75) is 49.3 Å². The van der Waals surface area contributed by atoms with E-state index in [4.69, 9.17) is 21.7 Å². The summed E-state index contributed by atoms with van der Waals surface area (Å²) in [6.45, 7) is -0.00752. The van der Waals surface area contributed by atoms with E-state index in [1.807, 2.05) is 0 Å². The van der Waals surface area contributed by atoms with E-state index < -0.39 is 66.9 Å². The van der Waals surface area contributed by atoms with Crippen molar-refractivity contribution in [3.05, 3.63) is 0 Å². The summed E-state index contributed by atoms with van der Waals surface area (Å²) in [6.07, 6.45) is -8.96. The van der Waals surface area contributed by atoms with Gasteiger partial charge in [-0.25, -0.2) is 14.2 Å². The molecule has 13 heteroatoms. The maximum absolute atomic E-state index is 14.6. The first kappa shape index (κ1) is 21.0. The highest BCUT2D eigenvalue weighted by atomic mass is 19.2. The molecule has 1 aliphatic heterocycles. The highest BCUT2D eigenvalue weighted by molar-refractivity contribution is 5.79. The van der Waals surface area contributed by atoms with Crippen LogP contribution in [-0.4, -0.2) is 87.3 Å². The Morgan fingerprint density at radius 1 is 1.40 bits per heavy atom. The molecule has 25 heavy (non-hydrogen) atoms. The van der Waals surface area contributed by atoms with Gasteiger partial charge in [0.15, 0.2) is 12.1 Å². The van der Waals surface area contributed by atoms with Gasteiger partial charge >= 0.3 is 11.8 Å². The van der Waals surface area contributed by atoms with Crippen LogP contribution in [0.25, 0.3) is 0 Å². The van der Waals surface area contributed by atoms with Gasteiger partial charge in [-0.05, 0) is 0 Å². The minimum Gasteiger partial charge on any atom is -0.477 e. The number of hydrogen-bond donors (Lipinski definition) is 7. The summed E-state index contributed by atoms with van der Waals surface area (Å²) in [5, 5.41) is 39.5. The third-order valence-electron chi connectivity index (χ3n) is 3.56. The van der Waals surface area contributed by atoms with Crippen molar-refractivity contribution in [2.24, 2.45) is 16.5 Å². The monoisotopic (exact) mass is 370 g/mol. The number of amides is 1. The van der Waals surface area contributed by atoms with E-state index >= 15 is 0 Å². The van der Waals surface area contributed by atoms with Crippen LogP contribution in [0.2, 0.25) is 0 Å². The molecular weight excluding hydrogens is 350 g/mol. The SMILES string of the molecule is CC(=O)N[C@@H]1C(N=C(N)N)C(F)C(F)(C(=O)O)OC1[C@H](O)[C@H](O)CO. The van der Waals surface area contributed by atoms with Gasteiger partial charge in [0.25, 0.3) is 0 Å². The molecule has 1 fully saturated rings. The van der Waals surface area contributed by atoms with E-state index in [0.29, 0.717) is 0 Å². The Morgan fingerprint density at radius 3 is 2.36 bits per heavy atom. The highest BCUT2D eigenvalue weighted by Crippen LogP contribution is 2.37. The zero-order valence-corrected chi connectivity index (χ0v) is 13.0. The lowest BCUT2D eigenvalue weighted by Gasteiger charge is -2.45. The average Bonchev–Trinajstić information content (AvgIpc) is 2.51. The number of hydrogen-bond acceptors (Lipinski definition) is 7. The number of aliphatic carboxylic acids is 1. The van der Waals surface area contributed by atoms with Gasteiger partial charge in [-0.3, -0.25) is 4.79 Å². The van der Waals surface area contributed by atoms with Crippen molar-refractivity contribution in [1.29, 1.82) is 0 Å². The topological polar surface area (TPSA) is 201 Å².